The molecule has 0 saturated heterocycles. The van der Waals surface area contributed by atoms with E-state index in [1.54, 1.807) is 31.3 Å². The van der Waals surface area contributed by atoms with Crippen LogP contribution in [0.5, 0.6) is 5.75 Å². The molecule has 0 spiro atoms. The number of benzene rings is 2. The number of aliphatic hydroxyl groups excluding tert-OH is 1. The lowest BCUT2D eigenvalue weighted by Crippen LogP contribution is -2.17. The van der Waals surface area contributed by atoms with Crippen LogP contribution < -0.4 is 5.32 Å². The Balaban J connectivity index is 0.000000624. The number of aromatic hydroxyl groups is 1. The zero-order chi connectivity index (χ0) is 29.2. The standard InChI is InChI=1S/C16H19ClN2.C9H13NO2.C4H4O4.ClH/c1-19(2)12-10-15(16-5-3-4-11-18-16)13-6-8-14(17)9-7-13;1-10-6-9(12)7-3-2-4-8(11)5-7;5-3(6)1-2-4(7)8;/h3-9,11,15H,10,12H2,1-2H3;2-5,9-12H,6H2,1H3;1-2H,(H,5,6)(H,7,8);1H/b;;2-1-;/t;9-;;/m.0../s1. The van der Waals surface area contributed by atoms with Gasteiger partial charge in [-0.3, -0.25) is 4.98 Å². The summed E-state index contributed by atoms with van der Waals surface area (Å²) in [4.78, 5) is 25.8. The van der Waals surface area contributed by atoms with Crippen molar-refractivity contribution in [2.45, 2.75) is 18.4 Å². The second-order valence-corrected chi connectivity index (χ2v) is 9.07. The summed E-state index contributed by atoms with van der Waals surface area (Å²) in [7, 11) is 5.96. The van der Waals surface area contributed by atoms with Gasteiger partial charge < -0.3 is 30.6 Å². The molecular formula is C29H37Cl2N3O6. The van der Waals surface area contributed by atoms with Crippen LogP contribution >= 0.6 is 24.0 Å². The third-order valence-electron chi connectivity index (χ3n) is 5.20. The maximum atomic E-state index is 9.55. The van der Waals surface area contributed by atoms with E-state index in [-0.39, 0.29) is 18.2 Å². The molecule has 3 aromatic rings. The van der Waals surface area contributed by atoms with Crippen LogP contribution in [0.1, 0.15) is 35.3 Å². The number of nitrogens with one attached hydrogen (secondary N) is 1. The lowest BCUT2D eigenvalue weighted by molar-refractivity contribution is -0.134. The van der Waals surface area contributed by atoms with E-state index >= 15 is 0 Å². The minimum absolute atomic E-state index is 0. The van der Waals surface area contributed by atoms with Crippen molar-refractivity contribution in [3.8, 4) is 5.75 Å². The van der Waals surface area contributed by atoms with Gasteiger partial charge in [0, 0.05) is 41.5 Å². The van der Waals surface area contributed by atoms with Gasteiger partial charge in [-0.2, -0.15) is 0 Å². The summed E-state index contributed by atoms with van der Waals surface area (Å²) in [6, 6.07) is 20.8. The Bertz CT molecular complexity index is 1150. The fourth-order valence-electron chi connectivity index (χ4n) is 3.34. The molecule has 2 aromatic carbocycles. The number of rotatable bonds is 10. The molecule has 9 nitrogen and oxygen atoms in total. The molecule has 218 valence electrons. The van der Waals surface area contributed by atoms with E-state index in [0.717, 1.165) is 29.2 Å². The van der Waals surface area contributed by atoms with E-state index in [1.807, 2.05) is 30.5 Å². The van der Waals surface area contributed by atoms with Crippen molar-refractivity contribution in [2.24, 2.45) is 0 Å². The van der Waals surface area contributed by atoms with Crippen molar-refractivity contribution in [1.82, 2.24) is 15.2 Å². The fraction of sp³-hybridized carbons (Fsp3) is 0.276. The predicted molar refractivity (Wildman–Crippen MR) is 159 cm³/mol. The van der Waals surface area contributed by atoms with Crippen LogP contribution in [-0.2, 0) is 9.59 Å². The normalized spacial score (nSPS) is 11.8. The lowest BCUT2D eigenvalue weighted by Gasteiger charge is -2.19. The van der Waals surface area contributed by atoms with Crippen molar-refractivity contribution in [3.63, 3.8) is 0 Å². The highest BCUT2D eigenvalue weighted by molar-refractivity contribution is 6.30. The molecule has 0 aliphatic heterocycles. The predicted octanol–water partition coefficient (Wildman–Crippen LogP) is 4.60. The third-order valence-corrected chi connectivity index (χ3v) is 5.46. The van der Waals surface area contributed by atoms with Gasteiger partial charge in [0.05, 0.1) is 6.10 Å². The second kappa shape index (κ2) is 20.4. The van der Waals surface area contributed by atoms with Crippen molar-refractivity contribution in [1.29, 1.82) is 0 Å². The van der Waals surface area contributed by atoms with Gasteiger partial charge in [0.1, 0.15) is 5.75 Å². The maximum absolute atomic E-state index is 9.55. The van der Waals surface area contributed by atoms with E-state index in [4.69, 9.17) is 26.9 Å². The number of hydrogen-bond donors (Lipinski definition) is 5. The molecule has 5 N–H and O–H groups in total. The highest BCUT2D eigenvalue weighted by Gasteiger charge is 2.15. The summed E-state index contributed by atoms with van der Waals surface area (Å²) < 4.78 is 0. The average molecular weight is 595 g/mol. The molecule has 0 aliphatic rings. The Hall–Kier alpha value is -3.47. The molecule has 0 saturated carbocycles. The van der Waals surface area contributed by atoms with Gasteiger partial charge in [0.2, 0.25) is 0 Å². The number of phenols is 1. The van der Waals surface area contributed by atoms with Crippen LogP contribution in [0.4, 0.5) is 0 Å². The molecule has 40 heavy (non-hydrogen) atoms. The molecule has 0 fully saturated rings. The minimum atomic E-state index is -1.26. The van der Waals surface area contributed by atoms with Crippen molar-refractivity contribution < 1.29 is 30.0 Å². The third kappa shape index (κ3) is 15.8. The number of halogens is 2. The molecule has 3 rings (SSSR count). The number of aliphatic carboxylic acids is 2. The highest BCUT2D eigenvalue weighted by atomic mass is 35.5. The van der Waals surface area contributed by atoms with Gasteiger partial charge in [-0.1, -0.05) is 41.9 Å². The maximum Gasteiger partial charge on any atom is 0.328 e. The molecule has 1 aromatic heterocycles. The number of carboxylic acids is 2. The van der Waals surface area contributed by atoms with Crippen molar-refractivity contribution in [3.05, 3.63) is 107 Å². The smallest absolute Gasteiger partial charge is 0.328 e. The first kappa shape index (κ1) is 36.5. The monoisotopic (exact) mass is 593 g/mol. The first-order chi connectivity index (χ1) is 18.5. The largest absolute Gasteiger partial charge is 0.508 e. The van der Waals surface area contributed by atoms with Crippen LogP contribution in [0, 0.1) is 0 Å². The fourth-order valence-corrected chi connectivity index (χ4v) is 3.46. The summed E-state index contributed by atoms with van der Waals surface area (Å²) in [5.41, 5.74) is 3.11. The molecule has 1 heterocycles. The van der Waals surface area contributed by atoms with E-state index in [2.05, 4.69) is 47.5 Å². The number of pyridine rings is 1. The molecule has 0 bridgehead atoms. The highest BCUT2D eigenvalue weighted by Crippen LogP contribution is 2.27. The lowest BCUT2D eigenvalue weighted by atomic mass is 9.92. The zero-order valence-corrected chi connectivity index (χ0v) is 24.2. The van der Waals surface area contributed by atoms with E-state index < -0.39 is 18.0 Å². The number of aromatic nitrogens is 1. The van der Waals surface area contributed by atoms with Gasteiger partial charge in [-0.15, -0.1) is 12.4 Å². The van der Waals surface area contributed by atoms with Crippen LogP contribution in [0.15, 0.2) is 85.1 Å². The number of nitrogens with zero attached hydrogens (tertiary/aromatic N) is 2. The molecular weight excluding hydrogens is 557 g/mol. The van der Waals surface area contributed by atoms with Crippen molar-refractivity contribution >= 4 is 35.9 Å². The Morgan fingerprint density at radius 1 is 0.975 bits per heavy atom. The number of carboxylic acid groups (broad SMARTS) is 2. The first-order valence-electron chi connectivity index (χ1n) is 12.1. The van der Waals surface area contributed by atoms with Crippen LogP contribution in [0.2, 0.25) is 5.02 Å². The molecule has 0 aliphatic carbocycles. The van der Waals surface area contributed by atoms with Gasteiger partial charge in [-0.05, 0) is 81.6 Å². The molecule has 0 amide bonds. The van der Waals surface area contributed by atoms with Gasteiger partial charge in [-0.25, -0.2) is 9.59 Å². The summed E-state index contributed by atoms with van der Waals surface area (Å²) in [6.07, 6.45) is 3.46. The molecule has 1 unspecified atom stereocenters. The number of likely N-dealkylation sites (N-methyl/N-ethyl adjacent to an activating group) is 1. The molecule has 0 radical (unpaired) electrons. The molecule has 2 atom stereocenters. The Morgan fingerprint density at radius 2 is 1.60 bits per heavy atom. The van der Waals surface area contributed by atoms with Gasteiger partial charge in [0.25, 0.3) is 0 Å². The summed E-state index contributed by atoms with van der Waals surface area (Å²) in [5, 5.41) is 37.8. The summed E-state index contributed by atoms with van der Waals surface area (Å²) >= 11 is 5.97. The zero-order valence-electron chi connectivity index (χ0n) is 22.6. The SMILES string of the molecule is CN(C)CCC(c1ccc(Cl)cc1)c1ccccn1.CNC[C@H](O)c1cccc(O)c1.Cl.O=C(O)/C=C\C(=O)O. The van der Waals surface area contributed by atoms with Gasteiger partial charge >= 0.3 is 11.9 Å². The van der Waals surface area contributed by atoms with E-state index in [1.165, 1.54) is 5.56 Å². The first-order valence-corrected chi connectivity index (χ1v) is 12.5. The second-order valence-electron chi connectivity index (χ2n) is 8.63. The van der Waals surface area contributed by atoms with E-state index in [9.17, 15) is 14.7 Å². The topological polar surface area (TPSA) is 143 Å². The Kier molecular flexibility index (Phi) is 18.7. The summed E-state index contributed by atoms with van der Waals surface area (Å²) in [5.74, 6) is -2.01. The number of carbonyl (C=O) groups is 2. The van der Waals surface area contributed by atoms with E-state index in [0.29, 0.717) is 24.6 Å². The Morgan fingerprint density at radius 3 is 2.08 bits per heavy atom. The van der Waals surface area contributed by atoms with Crippen LogP contribution in [0.3, 0.4) is 0 Å². The Labute approximate surface area is 246 Å². The minimum Gasteiger partial charge on any atom is -0.508 e. The van der Waals surface area contributed by atoms with Crippen LogP contribution in [-0.4, -0.2) is 76.5 Å². The number of aliphatic hydroxyl groups is 1. The summed E-state index contributed by atoms with van der Waals surface area (Å²) in [6.45, 7) is 1.52. The number of hydrogen-bond acceptors (Lipinski definition) is 7. The number of phenolic OH excluding ortho intramolecular Hbond substituents is 1. The average Bonchev–Trinajstić information content (AvgIpc) is 2.90. The van der Waals surface area contributed by atoms with Gasteiger partial charge in [0.15, 0.2) is 0 Å². The molecule has 11 heteroatoms. The van der Waals surface area contributed by atoms with Crippen LogP contribution in [0.25, 0.3) is 0 Å². The van der Waals surface area contributed by atoms with Crippen molar-refractivity contribution in [2.75, 3.05) is 34.2 Å². The quantitative estimate of drug-likeness (QED) is 0.213.